The quantitative estimate of drug-likeness (QED) is 0.374. The van der Waals surface area contributed by atoms with Gasteiger partial charge in [0, 0.05) is 0 Å². The summed E-state index contributed by atoms with van der Waals surface area (Å²) in [6, 6.07) is 0. The van der Waals surface area contributed by atoms with E-state index in [1.165, 1.54) is 0 Å². The minimum atomic E-state index is 0. The van der Waals surface area contributed by atoms with Crippen molar-refractivity contribution in [2.45, 2.75) is 0 Å². The Hall–Kier alpha value is 1.41. The molecule has 0 saturated carbocycles. The molecule has 0 rings (SSSR count). The molecule has 30 valence electrons. The van der Waals surface area contributed by atoms with Crippen molar-refractivity contribution in [3.05, 3.63) is 0 Å². The van der Waals surface area contributed by atoms with Crippen molar-refractivity contribution in [2.24, 2.45) is 0 Å². The van der Waals surface area contributed by atoms with E-state index in [1.54, 1.807) is 0 Å². The van der Waals surface area contributed by atoms with Crippen LogP contribution in [-0.4, -0.2) is 40.5 Å². The van der Waals surface area contributed by atoms with Gasteiger partial charge in [-0.1, -0.05) is 0 Å². The summed E-state index contributed by atoms with van der Waals surface area (Å²) in [5.41, 5.74) is 0. The molecule has 0 atom stereocenters. The van der Waals surface area contributed by atoms with Crippen molar-refractivity contribution in [1.29, 1.82) is 0 Å². The van der Waals surface area contributed by atoms with E-state index in [4.69, 9.17) is 3.40 Å². The van der Waals surface area contributed by atoms with E-state index in [0.29, 0.717) is 19.8 Å². The molecule has 0 unspecified atom stereocenters. The summed E-state index contributed by atoms with van der Waals surface area (Å²) < 4.78 is 8.26. The van der Waals surface area contributed by atoms with Gasteiger partial charge in [-0.3, -0.25) is 0 Å². The van der Waals surface area contributed by atoms with Gasteiger partial charge in [0.05, 0.1) is 0 Å². The van der Waals surface area contributed by atoms with Crippen LogP contribution in [0.2, 0.25) is 0 Å². The van der Waals surface area contributed by atoms with Gasteiger partial charge < -0.3 is 11.0 Å². The molecule has 0 bridgehead atoms. The molecule has 0 saturated heterocycles. The van der Waals surface area contributed by atoms with E-state index >= 15 is 0 Å². The van der Waals surface area contributed by atoms with Gasteiger partial charge in [-0.15, -0.1) is 0 Å². The number of hydrogen-bond donors (Lipinski definition) is 0. The maximum absolute atomic E-state index is 8.26. The predicted octanol–water partition coefficient (Wildman–Crippen LogP) is -2.42. The summed E-state index contributed by atoms with van der Waals surface area (Å²) in [4.78, 5) is 0. The molecule has 0 aliphatic rings. The zero-order chi connectivity index (χ0) is 2.00. The second kappa shape index (κ2) is 53.0. The van der Waals surface area contributed by atoms with Crippen LogP contribution in [0.1, 0.15) is 0 Å². The van der Waals surface area contributed by atoms with Crippen molar-refractivity contribution < 1.29 is 34.1 Å². The first-order valence-corrected chi connectivity index (χ1v) is 0.986. The molecular weight excluding hydrogens is 167 g/mol. The molecule has 0 heterocycles. The van der Waals surface area contributed by atoms with E-state index in [1.807, 2.05) is 0 Å². The average molecular weight is 172 g/mol. The molecule has 0 aromatic heterocycles. The first-order valence-electron chi connectivity index (χ1n) is 0.167. The van der Waals surface area contributed by atoms with Crippen LogP contribution in [0.15, 0.2) is 0 Å². The van der Waals surface area contributed by atoms with E-state index < -0.39 is 0 Å². The molecule has 0 aliphatic carbocycles. The number of rotatable bonds is 0. The van der Waals surface area contributed by atoms with E-state index in [2.05, 4.69) is 0 Å². The van der Waals surface area contributed by atoms with Gasteiger partial charge >= 0.3 is 52.7 Å². The minimum absolute atomic E-state index is 0. The van der Waals surface area contributed by atoms with Crippen molar-refractivity contribution in [1.82, 2.24) is 0 Å². The van der Waals surface area contributed by atoms with Crippen LogP contribution in [0.25, 0.3) is 0 Å². The zero-order valence-electron chi connectivity index (χ0n) is 1.82. The fourth-order valence-electron chi connectivity index (χ4n) is 0. The molecule has 0 spiro atoms. The van der Waals surface area contributed by atoms with Gasteiger partial charge in [-0.2, -0.15) is 0 Å². The Bertz CT molecular complexity index is 6.85. The third kappa shape index (κ3) is 31.7. The van der Waals surface area contributed by atoms with Gasteiger partial charge in [0.1, 0.15) is 0 Å². The molecule has 0 aromatic rings. The second-order valence-corrected chi connectivity index (χ2v) is 0. The SMILES string of the molecule is O.O.[NaH].[O]=[Mo]. The topological polar surface area (TPSA) is 80.1 Å². The predicted molar refractivity (Wildman–Crippen MR) is 15.1 cm³/mol. The summed E-state index contributed by atoms with van der Waals surface area (Å²) in [7, 11) is 0. The third-order valence-electron chi connectivity index (χ3n) is 0. The third-order valence-corrected chi connectivity index (χ3v) is 0. The standard InChI is InChI=1S/Mo.Na.2H2O.O.H/h;;2*1H2;;. The summed E-state index contributed by atoms with van der Waals surface area (Å²) in [6.45, 7) is 0. The molecule has 0 aromatic carbocycles. The van der Waals surface area contributed by atoms with Crippen LogP contribution in [0.4, 0.5) is 0 Å². The molecule has 0 aliphatic heterocycles. The van der Waals surface area contributed by atoms with Gasteiger partial charge in [-0.25, -0.2) is 0 Å². The Labute approximate surface area is 63.2 Å². The normalized spacial score (nSPS) is 0.800. The summed E-state index contributed by atoms with van der Waals surface area (Å²) >= 11 is 0.700. The Morgan fingerprint density at radius 2 is 1.00 bits per heavy atom. The molecule has 0 radical (unpaired) electrons. The van der Waals surface area contributed by atoms with Crippen molar-refractivity contribution in [3.63, 3.8) is 0 Å². The van der Waals surface area contributed by atoms with E-state index in [9.17, 15) is 0 Å². The van der Waals surface area contributed by atoms with Gasteiger partial charge in [0.25, 0.3) is 0 Å². The first kappa shape index (κ1) is 32.3. The zero-order valence-corrected chi connectivity index (χ0v) is 3.82. The van der Waals surface area contributed by atoms with Crippen LogP contribution in [0.5, 0.6) is 0 Å². The molecule has 0 amide bonds. The molecule has 3 nitrogen and oxygen atoms in total. The van der Waals surface area contributed by atoms with Crippen LogP contribution in [0, 0.1) is 0 Å². The van der Waals surface area contributed by atoms with Crippen LogP contribution in [-0.2, 0) is 23.2 Å². The van der Waals surface area contributed by atoms with E-state index in [0.717, 1.165) is 0 Å². The summed E-state index contributed by atoms with van der Waals surface area (Å²) in [5, 5.41) is 0. The van der Waals surface area contributed by atoms with Crippen molar-refractivity contribution >= 4 is 29.6 Å². The van der Waals surface area contributed by atoms with E-state index in [-0.39, 0.29) is 40.5 Å². The van der Waals surface area contributed by atoms with Crippen molar-refractivity contribution in [2.75, 3.05) is 0 Å². The van der Waals surface area contributed by atoms with Crippen LogP contribution < -0.4 is 0 Å². The fraction of sp³-hybridized carbons (Fsp3) is 0. The second-order valence-electron chi connectivity index (χ2n) is 0. The molecule has 4 N–H and O–H groups in total. The van der Waals surface area contributed by atoms with Crippen LogP contribution >= 0.6 is 0 Å². The monoisotopic (exact) mass is 174 g/mol. The average Bonchev–Trinajstić information content (AvgIpc) is 1.00. The van der Waals surface area contributed by atoms with Crippen molar-refractivity contribution in [3.8, 4) is 0 Å². The Morgan fingerprint density at radius 3 is 1.00 bits per heavy atom. The van der Waals surface area contributed by atoms with Crippen LogP contribution in [0.3, 0.4) is 0 Å². The number of hydrogen-bond acceptors (Lipinski definition) is 1. The Kier molecular flexibility index (Phi) is 343. The van der Waals surface area contributed by atoms with Gasteiger partial charge in [0.15, 0.2) is 0 Å². The Morgan fingerprint density at radius 1 is 1.00 bits per heavy atom. The Balaban J connectivity index is -0.00000000167. The first-order chi connectivity index (χ1) is 1.00. The fourth-order valence-corrected chi connectivity index (χ4v) is 0. The molecule has 0 fully saturated rings. The summed E-state index contributed by atoms with van der Waals surface area (Å²) in [5.74, 6) is 0. The molecule has 5 heavy (non-hydrogen) atoms. The van der Waals surface area contributed by atoms with Gasteiger partial charge in [-0.05, 0) is 0 Å². The molecular formula is H5MoNaO3. The molecule has 5 heteroatoms. The maximum atomic E-state index is 8.26. The van der Waals surface area contributed by atoms with Gasteiger partial charge in [0.2, 0.25) is 0 Å². The summed E-state index contributed by atoms with van der Waals surface area (Å²) in [6.07, 6.45) is 0.